The average Bonchev–Trinajstić information content (AvgIpc) is 3.12. The molecule has 25 heavy (non-hydrogen) atoms. The Kier molecular flexibility index (Phi) is 4.75. The molecule has 1 atom stereocenters. The van der Waals surface area contributed by atoms with Gasteiger partial charge in [-0.2, -0.15) is 0 Å². The minimum Gasteiger partial charge on any atom is -0.439 e. The maximum Gasteiger partial charge on any atom is 0.223 e. The zero-order valence-corrected chi connectivity index (χ0v) is 14.2. The monoisotopic (exact) mass is 330 g/mol. The molecule has 0 amide bonds. The summed E-state index contributed by atoms with van der Waals surface area (Å²) >= 11 is 0. The molecule has 2 aromatic carbocycles. The van der Waals surface area contributed by atoms with Gasteiger partial charge in [0.15, 0.2) is 0 Å². The fourth-order valence-corrected chi connectivity index (χ4v) is 3.53. The van der Waals surface area contributed by atoms with Crippen molar-refractivity contribution in [2.75, 3.05) is 6.54 Å². The molecule has 0 aliphatic carbocycles. The van der Waals surface area contributed by atoms with E-state index in [1.807, 2.05) is 36.4 Å². The number of nitrogens with zero attached hydrogens (tertiary/aromatic N) is 2. The lowest BCUT2D eigenvalue weighted by atomic mass is 10.1. The molecule has 0 radical (unpaired) electrons. The summed E-state index contributed by atoms with van der Waals surface area (Å²) in [5.74, 6) is 1.55. The van der Waals surface area contributed by atoms with Gasteiger partial charge in [-0.3, -0.25) is 4.90 Å². The van der Waals surface area contributed by atoms with Gasteiger partial charge in [-0.1, -0.05) is 54.6 Å². The van der Waals surface area contributed by atoms with Gasteiger partial charge in [0.25, 0.3) is 0 Å². The number of rotatable bonds is 5. The fourth-order valence-electron chi connectivity index (χ4n) is 3.53. The van der Waals surface area contributed by atoms with Crippen LogP contribution in [0.25, 0.3) is 0 Å². The van der Waals surface area contributed by atoms with E-state index in [0.717, 1.165) is 31.1 Å². The van der Waals surface area contributed by atoms with Gasteiger partial charge in [-0.25, -0.2) is 4.98 Å². The summed E-state index contributed by atoms with van der Waals surface area (Å²) in [6.07, 6.45) is 4.15. The third-order valence-corrected chi connectivity index (χ3v) is 4.71. The second-order valence-corrected chi connectivity index (χ2v) is 6.43. The smallest absolute Gasteiger partial charge is 0.223 e. The van der Waals surface area contributed by atoms with Crippen LogP contribution in [-0.2, 0) is 6.54 Å². The van der Waals surface area contributed by atoms with Crippen molar-refractivity contribution in [1.82, 2.24) is 9.88 Å². The van der Waals surface area contributed by atoms with E-state index in [1.165, 1.54) is 17.5 Å². The highest BCUT2D eigenvalue weighted by molar-refractivity contribution is 5.35. The van der Waals surface area contributed by atoms with Gasteiger partial charge >= 0.3 is 0 Å². The van der Waals surface area contributed by atoms with E-state index in [9.17, 15) is 0 Å². The van der Waals surface area contributed by atoms with Gasteiger partial charge in [0, 0.05) is 24.3 Å². The second kappa shape index (κ2) is 7.49. The molecule has 1 fully saturated rings. The molecule has 3 nitrogen and oxygen atoms in total. The van der Waals surface area contributed by atoms with Crippen LogP contribution in [0.5, 0.6) is 11.6 Å². The van der Waals surface area contributed by atoms with Crippen molar-refractivity contribution in [3.63, 3.8) is 0 Å². The van der Waals surface area contributed by atoms with Gasteiger partial charge < -0.3 is 4.74 Å². The standard InChI is InChI=1S/C22H22N2O/c1-3-9-18(10-4-1)17-24-16-8-14-21(24)20-13-7-15-23-22(20)25-19-11-5-2-6-12-19/h1-7,9-13,15,21H,8,14,16-17H2/t21-/m1/s1. The first-order valence-electron chi connectivity index (χ1n) is 8.86. The van der Waals surface area contributed by atoms with E-state index >= 15 is 0 Å². The van der Waals surface area contributed by atoms with E-state index in [-0.39, 0.29) is 0 Å². The number of aromatic nitrogens is 1. The molecular weight excluding hydrogens is 308 g/mol. The van der Waals surface area contributed by atoms with Gasteiger partial charge in [-0.05, 0) is 43.1 Å². The van der Waals surface area contributed by atoms with E-state index < -0.39 is 0 Å². The van der Waals surface area contributed by atoms with Gasteiger partial charge in [0.2, 0.25) is 5.88 Å². The van der Waals surface area contributed by atoms with Gasteiger partial charge in [-0.15, -0.1) is 0 Å². The molecule has 2 heterocycles. The molecular formula is C22H22N2O. The van der Waals surface area contributed by atoms with E-state index in [4.69, 9.17) is 4.74 Å². The number of pyridine rings is 1. The van der Waals surface area contributed by atoms with Crippen LogP contribution in [0, 0.1) is 0 Å². The van der Waals surface area contributed by atoms with E-state index in [2.05, 4.69) is 46.3 Å². The Balaban J connectivity index is 1.58. The molecule has 0 N–H and O–H groups in total. The first-order chi connectivity index (χ1) is 12.4. The van der Waals surface area contributed by atoms with Crippen LogP contribution in [0.3, 0.4) is 0 Å². The molecule has 126 valence electrons. The van der Waals surface area contributed by atoms with E-state index in [0.29, 0.717) is 6.04 Å². The summed E-state index contributed by atoms with van der Waals surface area (Å²) in [6.45, 7) is 2.07. The zero-order chi connectivity index (χ0) is 16.9. The highest BCUT2D eigenvalue weighted by atomic mass is 16.5. The highest BCUT2D eigenvalue weighted by Crippen LogP contribution is 2.38. The SMILES string of the molecule is c1ccc(CN2CCC[C@@H]2c2cccnc2Oc2ccccc2)cc1. The third-order valence-electron chi connectivity index (χ3n) is 4.71. The number of likely N-dealkylation sites (tertiary alicyclic amines) is 1. The second-order valence-electron chi connectivity index (χ2n) is 6.43. The van der Waals surface area contributed by atoms with Gasteiger partial charge in [0.1, 0.15) is 5.75 Å². The molecule has 3 heteroatoms. The topological polar surface area (TPSA) is 25.4 Å². The summed E-state index contributed by atoms with van der Waals surface area (Å²) in [6, 6.07) is 25.1. The number of hydrogen-bond acceptors (Lipinski definition) is 3. The zero-order valence-electron chi connectivity index (χ0n) is 14.2. The molecule has 1 saturated heterocycles. The van der Waals surface area contributed by atoms with Gasteiger partial charge in [0.05, 0.1) is 0 Å². The lowest BCUT2D eigenvalue weighted by molar-refractivity contribution is 0.243. The predicted molar refractivity (Wildman–Crippen MR) is 99.6 cm³/mol. The normalized spacial score (nSPS) is 17.5. The van der Waals surface area contributed by atoms with Crippen molar-refractivity contribution >= 4 is 0 Å². The number of hydrogen-bond donors (Lipinski definition) is 0. The van der Waals surface area contributed by atoms with Crippen molar-refractivity contribution in [2.45, 2.75) is 25.4 Å². The van der Waals surface area contributed by atoms with Crippen LogP contribution in [0.15, 0.2) is 79.0 Å². The Morgan fingerprint density at radius 1 is 0.920 bits per heavy atom. The summed E-state index contributed by atoms with van der Waals surface area (Å²) < 4.78 is 6.08. The number of benzene rings is 2. The molecule has 0 spiro atoms. The summed E-state index contributed by atoms with van der Waals surface area (Å²) in [7, 11) is 0. The number of para-hydroxylation sites is 1. The van der Waals surface area contributed by atoms with Crippen molar-refractivity contribution in [3.05, 3.63) is 90.1 Å². The summed E-state index contributed by atoms with van der Waals surface area (Å²) in [5.41, 5.74) is 2.53. The first-order valence-corrected chi connectivity index (χ1v) is 8.86. The van der Waals surface area contributed by atoms with Crippen LogP contribution in [0.2, 0.25) is 0 Å². The Morgan fingerprint density at radius 3 is 2.48 bits per heavy atom. The van der Waals surface area contributed by atoms with Crippen molar-refractivity contribution in [2.24, 2.45) is 0 Å². The maximum atomic E-state index is 6.08. The molecule has 1 aromatic heterocycles. The number of ether oxygens (including phenoxy) is 1. The largest absolute Gasteiger partial charge is 0.439 e. The minimum absolute atomic E-state index is 0.354. The molecule has 0 saturated carbocycles. The van der Waals surface area contributed by atoms with Crippen LogP contribution < -0.4 is 4.74 Å². The maximum absolute atomic E-state index is 6.08. The van der Waals surface area contributed by atoms with Crippen LogP contribution in [0.4, 0.5) is 0 Å². The van der Waals surface area contributed by atoms with E-state index in [1.54, 1.807) is 6.20 Å². The predicted octanol–water partition coefficient (Wildman–Crippen LogP) is 5.21. The molecule has 1 aliphatic rings. The Hall–Kier alpha value is -2.65. The molecule has 0 bridgehead atoms. The van der Waals surface area contributed by atoms with Crippen LogP contribution in [-0.4, -0.2) is 16.4 Å². The van der Waals surface area contributed by atoms with Crippen LogP contribution in [0.1, 0.15) is 30.0 Å². The molecule has 3 aromatic rings. The third kappa shape index (κ3) is 3.72. The Morgan fingerprint density at radius 2 is 1.68 bits per heavy atom. The average molecular weight is 330 g/mol. The van der Waals surface area contributed by atoms with Crippen molar-refractivity contribution in [1.29, 1.82) is 0 Å². The van der Waals surface area contributed by atoms with Crippen molar-refractivity contribution in [3.8, 4) is 11.6 Å². The van der Waals surface area contributed by atoms with Crippen LogP contribution >= 0.6 is 0 Å². The van der Waals surface area contributed by atoms with Crippen molar-refractivity contribution < 1.29 is 4.74 Å². The molecule has 0 unspecified atom stereocenters. The first kappa shape index (κ1) is 15.9. The Bertz CT molecular complexity index is 805. The summed E-state index contributed by atoms with van der Waals surface area (Å²) in [5, 5.41) is 0. The quantitative estimate of drug-likeness (QED) is 0.642. The summed E-state index contributed by atoms with van der Waals surface area (Å²) in [4.78, 5) is 7.04. The minimum atomic E-state index is 0.354. The molecule has 4 rings (SSSR count). The Labute approximate surface area is 148 Å². The lowest BCUT2D eigenvalue weighted by Crippen LogP contribution is -2.23. The lowest BCUT2D eigenvalue weighted by Gasteiger charge is -2.26. The fraction of sp³-hybridized carbons (Fsp3) is 0.227. The highest BCUT2D eigenvalue weighted by Gasteiger charge is 2.28. The molecule has 1 aliphatic heterocycles.